The molecule has 1 atom stereocenters. The van der Waals surface area contributed by atoms with E-state index in [2.05, 4.69) is 11.3 Å². The SMILES string of the molecule is C=CC(=O)OC(=O)CC(O)(CC(=O)O)C(=O)O.[H-].[H-].[H-].[K+].[K+].[K+]. The summed E-state index contributed by atoms with van der Waals surface area (Å²) in [6.45, 7) is 2.99. The van der Waals surface area contributed by atoms with Gasteiger partial charge in [0, 0.05) is 6.08 Å². The Morgan fingerprint density at radius 2 is 1.55 bits per heavy atom. The van der Waals surface area contributed by atoms with Crippen molar-refractivity contribution in [3.63, 3.8) is 0 Å². The Kier molecular flexibility index (Phi) is 23.3. The molecule has 8 nitrogen and oxygen atoms in total. The smallest absolute Gasteiger partial charge is 1.00 e. The van der Waals surface area contributed by atoms with E-state index in [1.165, 1.54) is 0 Å². The number of hydrogen-bond acceptors (Lipinski definition) is 6. The third kappa shape index (κ3) is 13.2. The molecule has 0 radical (unpaired) electrons. The second-order valence-electron chi connectivity index (χ2n) is 3.08. The van der Waals surface area contributed by atoms with Crippen LogP contribution in [-0.2, 0) is 23.9 Å². The number of carboxylic acids is 2. The summed E-state index contributed by atoms with van der Waals surface area (Å²) in [5.41, 5.74) is -2.82. The van der Waals surface area contributed by atoms with Gasteiger partial charge in [0.2, 0.25) is 0 Å². The summed E-state index contributed by atoms with van der Waals surface area (Å²) in [6, 6.07) is 0. The minimum absolute atomic E-state index is 0. The van der Waals surface area contributed by atoms with E-state index in [1.807, 2.05) is 0 Å². The fourth-order valence-corrected chi connectivity index (χ4v) is 0.893. The predicted molar refractivity (Wildman–Crippen MR) is 54.1 cm³/mol. The van der Waals surface area contributed by atoms with E-state index in [1.54, 1.807) is 0 Å². The van der Waals surface area contributed by atoms with Gasteiger partial charge in [-0.1, -0.05) is 6.58 Å². The number of ether oxygens (including phenoxy) is 1. The first kappa shape index (κ1) is 30.6. The van der Waals surface area contributed by atoms with Crippen molar-refractivity contribution in [1.29, 1.82) is 0 Å². The van der Waals surface area contributed by atoms with Crippen molar-refractivity contribution in [2.45, 2.75) is 18.4 Å². The minimum Gasteiger partial charge on any atom is -1.00 e. The van der Waals surface area contributed by atoms with Crippen molar-refractivity contribution in [3.8, 4) is 0 Å². The number of rotatable bonds is 6. The number of aliphatic carboxylic acids is 2. The zero-order valence-corrected chi connectivity index (χ0v) is 21.0. The second-order valence-corrected chi connectivity index (χ2v) is 3.08. The van der Waals surface area contributed by atoms with Crippen molar-refractivity contribution in [2.24, 2.45) is 0 Å². The van der Waals surface area contributed by atoms with E-state index in [0.29, 0.717) is 6.08 Å². The maximum atomic E-state index is 11.0. The summed E-state index contributed by atoms with van der Waals surface area (Å²) < 4.78 is 4.01. The Morgan fingerprint density at radius 3 is 1.85 bits per heavy atom. The van der Waals surface area contributed by atoms with Crippen LogP contribution in [0.3, 0.4) is 0 Å². The van der Waals surface area contributed by atoms with Gasteiger partial charge >= 0.3 is 178 Å². The van der Waals surface area contributed by atoms with Crippen LogP contribution in [-0.4, -0.2) is 44.8 Å². The van der Waals surface area contributed by atoms with Gasteiger partial charge in [0.25, 0.3) is 0 Å². The molecule has 0 aromatic rings. The fraction of sp³-hybridized carbons (Fsp3) is 0.333. The van der Waals surface area contributed by atoms with Gasteiger partial charge in [-0.3, -0.25) is 9.59 Å². The summed E-state index contributed by atoms with van der Waals surface area (Å²) in [5, 5.41) is 26.4. The molecule has 0 aliphatic heterocycles. The summed E-state index contributed by atoms with van der Waals surface area (Å²) in [7, 11) is 0. The first-order chi connectivity index (χ1) is 7.71. The van der Waals surface area contributed by atoms with Gasteiger partial charge < -0.3 is 24.3 Å². The standard InChI is InChI=1S/C9H10O8.3K.3H/c1-2-6(12)17-7(13)4-9(16,8(14)15)3-5(10)11;;;;;;/h2,16H,1,3-4H2,(H,10,11)(H,14,15);;;;;;/q;3*+1;3*-1. The van der Waals surface area contributed by atoms with Crippen molar-refractivity contribution in [2.75, 3.05) is 0 Å². The molecule has 0 aliphatic rings. The number of hydrogen-bond donors (Lipinski definition) is 3. The Labute approximate surface area is 246 Å². The van der Waals surface area contributed by atoms with E-state index in [4.69, 9.17) is 10.2 Å². The van der Waals surface area contributed by atoms with Crippen LogP contribution in [0.25, 0.3) is 0 Å². The quantitative estimate of drug-likeness (QED) is 0.182. The largest absolute Gasteiger partial charge is 1.00 e. The molecule has 0 aromatic heterocycles. The Morgan fingerprint density at radius 1 is 1.10 bits per heavy atom. The van der Waals surface area contributed by atoms with E-state index in [0.717, 1.165) is 0 Å². The summed E-state index contributed by atoms with van der Waals surface area (Å²) >= 11 is 0. The van der Waals surface area contributed by atoms with Gasteiger partial charge in [0.05, 0.1) is 12.8 Å². The van der Waals surface area contributed by atoms with Crippen LogP contribution in [0.5, 0.6) is 0 Å². The Bertz CT molecular complexity index is 396. The number of esters is 2. The van der Waals surface area contributed by atoms with Crippen LogP contribution in [0.1, 0.15) is 17.1 Å². The summed E-state index contributed by atoms with van der Waals surface area (Å²) in [4.78, 5) is 42.5. The third-order valence-corrected chi connectivity index (χ3v) is 1.66. The van der Waals surface area contributed by atoms with E-state index in [-0.39, 0.29) is 158 Å². The Balaban J connectivity index is -0.0000000853. The number of aliphatic hydroxyl groups is 1. The van der Waals surface area contributed by atoms with Crippen molar-refractivity contribution in [3.05, 3.63) is 12.7 Å². The second kappa shape index (κ2) is 15.2. The summed E-state index contributed by atoms with van der Waals surface area (Å²) in [6.07, 6.45) is -1.69. The van der Waals surface area contributed by atoms with Gasteiger partial charge in [0.1, 0.15) is 0 Å². The zero-order chi connectivity index (χ0) is 13.6. The molecular weight excluding hydrogens is 353 g/mol. The molecule has 0 aromatic carbocycles. The Hall–Kier alpha value is 2.69. The maximum Gasteiger partial charge on any atom is 1.00 e. The zero-order valence-electron chi connectivity index (χ0n) is 14.6. The van der Waals surface area contributed by atoms with Crippen LogP contribution in [0.15, 0.2) is 12.7 Å². The average Bonchev–Trinajstić information content (AvgIpc) is 2.15. The van der Waals surface area contributed by atoms with E-state index >= 15 is 0 Å². The number of carbonyl (C=O) groups excluding carboxylic acids is 2. The molecular formula is C9H13K3O8. The van der Waals surface area contributed by atoms with Gasteiger partial charge in [0.15, 0.2) is 5.60 Å². The van der Waals surface area contributed by atoms with E-state index in [9.17, 15) is 24.3 Å². The van der Waals surface area contributed by atoms with Gasteiger partial charge in [-0.05, 0) is 0 Å². The van der Waals surface area contributed by atoms with Crippen molar-refractivity contribution in [1.82, 2.24) is 0 Å². The van der Waals surface area contributed by atoms with Gasteiger partial charge in [-0.2, -0.15) is 0 Å². The normalized spacial score (nSPS) is 11.2. The molecule has 100 valence electrons. The molecule has 0 rings (SSSR count). The van der Waals surface area contributed by atoms with Gasteiger partial charge in [-0.25, -0.2) is 9.59 Å². The van der Waals surface area contributed by atoms with Crippen LogP contribution < -0.4 is 154 Å². The van der Waals surface area contributed by atoms with Crippen LogP contribution in [0, 0.1) is 0 Å². The van der Waals surface area contributed by atoms with E-state index < -0.39 is 42.3 Å². The monoisotopic (exact) mass is 366 g/mol. The fourth-order valence-electron chi connectivity index (χ4n) is 0.893. The molecule has 0 amide bonds. The van der Waals surface area contributed by atoms with Crippen LogP contribution in [0.4, 0.5) is 0 Å². The van der Waals surface area contributed by atoms with Crippen LogP contribution >= 0.6 is 0 Å². The number of carboxylic acid groups (broad SMARTS) is 2. The summed E-state index contributed by atoms with van der Waals surface area (Å²) in [5.74, 6) is -6.00. The molecule has 3 N–H and O–H groups in total. The number of carbonyl (C=O) groups is 4. The molecule has 11 heteroatoms. The third-order valence-electron chi connectivity index (χ3n) is 1.66. The molecule has 0 aliphatic carbocycles. The topological polar surface area (TPSA) is 138 Å². The maximum absolute atomic E-state index is 11.0. The molecule has 0 spiro atoms. The molecule has 20 heavy (non-hydrogen) atoms. The molecule has 1 unspecified atom stereocenters. The molecule has 0 heterocycles. The molecule has 0 fully saturated rings. The predicted octanol–water partition coefficient (Wildman–Crippen LogP) is -9.73. The molecule has 0 saturated carbocycles. The van der Waals surface area contributed by atoms with Crippen molar-refractivity contribution < 1.29 is 198 Å². The van der Waals surface area contributed by atoms with Gasteiger partial charge in [-0.15, -0.1) is 0 Å². The molecule has 0 bridgehead atoms. The minimum atomic E-state index is -2.82. The molecule has 0 saturated heterocycles. The van der Waals surface area contributed by atoms with Crippen molar-refractivity contribution >= 4 is 23.9 Å². The first-order valence-electron chi connectivity index (χ1n) is 4.26. The van der Waals surface area contributed by atoms with Crippen LogP contribution in [0.2, 0.25) is 0 Å². The first-order valence-corrected chi connectivity index (χ1v) is 4.26. The average molecular weight is 366 g/mol.